The number of carbonyl (C=O) groups excluding carboxylic acids is 1. The van der Waals surface area contributed by atoms with E-state index >= 15 is 0 Å². The summed E-state index contributed by atoms with van der Waals surface area (Å²) in [5, 5.41) is 24.5. The number of nitrogens with one attached hydrogen (secondary N) is 1. The van der Waals surface area contributed by atoms with Crippen LogP contribution in [0.25, 0.3) is 0 Å². The van der Waals surface area contributed by atoms with E-state index in [4.69, 9.17) is 27.9 Å². The highest BCUT2D eigenvalue weighted by Crippen LogP contribution is 2.27. The molecule has 2 N–H and O–H groups in total. The predicted octanol–water partition coefficient (Wildman–Crippen LogP) is 3.14. The molecular weight excluding hydrogens is 373 g/mol. The fourth-order valence-electron chi connectivity index (χ4n) is 1.75. The lowest BCUT2D eigenvalue weighted by molar-refractivity contribution is -0.385. The van der Waals surface area contributed by atoms with Gasteiger partial charge in [0.05, 0.1) is 21.7 Å². The quantitative estimate of drug-likeness (QED) is 0.451. The molecule has 0 saturated carbocycles. The monoisotopic (exact) mass is 383 g/mol. The molecule has 0 atom stereocenters. The minimum Gasteiger partial charge on any atom is -0.508 e. The maximum atomic E-state index is 11.7. The molecule has 0 aliphatic rings. The number of hydrogen-bond donors (Lipinski definition) is 2. The Morgan fingerprint density at radius 2 is 2.08 bits per heavy atom. The van der Waals surface area contributed by atoms with E-state index < -0.39 is 10.8 Å². The second kappa shape index (κ2) is 8.32. The molecule has 0 saturated heterocycles. The summed E-state index contributed by atoms with van der Waals surface area (Å²) in [4.78, 5) is 21.9. The SMILES string of the molecule is O=C(COc1ccc(Cl)cc1Cl)NN=Cc1cc(O)ccc1[N+](=O)[O-]. The molecule has 0 spiro atoms. The van der Waals surface area contributed by atoms with E-state index in [1.54, 1.807) is 6.07 Å². The number of phenolic OH excluding ortho intramolecular Hbond substituents is 1. The molecule has 2 aromatic rings. The van der Waals surface area contributed by atoms with Gasteiger partial charge in [-0.2, -0.15) is 5.10 Å². The molecule has 25 heavy (non-hydrogen) atoms. The van der Waals surface area contributed by atoms with Gasteiger partial charge in [0.1, 0.15) is 11.5 Å². The summed E-state index contributed by atoms with van der Waals surface area (Å²) >= 11 is 11.6. The van der Waals surface area contributed by atoms with Crippen LogP contribution in [0.1, 0.15) is 5.56 Å². The van der Waals surface area contributed by atoms with Crippen LogP contribution in [0.15, 0.2) is 41.5 Å². The van der Waals surface area contributed by atoms with Gasteiger partial charge in [0.15, 0.2) is 6.61 Å². The van der Waals surface area contributed by atoms with Crippen molar-refractivity contribution in [3.63, 3.8) is 0 Å². The van der Waals surface area contributed by atoms with Crippen LogP contribution < -0.4 is 10.2 Å². The van der Waals surface area contributed by atoms with E-state index in [1.165, 1.54) is 18.2 Å². The van der Waals surface area contributed by atoms with Crippen LogP contribution in [0.2, 0.25) is 10.0 Å². The number of amides is 1. The van der Waals surface area contributed by atoms with Crippen LogP contribution >= 0.6 is 23.2 Å². The number of benzene rings is 2. The first kappa shape index (κ1) is 18.5. The van der Waals surface area contributed by atoms with Crippen molar-refractivity contribution in [3.05, 3.63) is 62.1 Å². The molecule has 0 aliphatic carbocycles. The lowest BCUT2D eigenvalue weighted by Crippen LogP contribution is -2.24. The third-order valence-corrected chi connectivity index (χ3v) is 3.38. The summed E-state index contributed by atoms with van der Waals surface area (Å²) < 4.78 is 5.21. The first-order chi connectivity index (χ1) is 11.9. The zero-order chi connectivity index (χ0) is 18.4. The molecule has 0 fully saturated rings. The van der Waals surface area contributed by atoms with Gasteiger partial charge in [0, 0.05) is 11.1 Å². The normalized spacial score (nSPS) is 10.6. The number of rotatable bonds is 6. The van der Waals surface area contributed by atoms with E-state index in [-0.39, 0.29) is 34.4 Å². The number of phenols is 1. The van der Waals surface area contributed by atoms with Gasteiger partial charge in [-0.15, -0.1) is 0 Å². The second-order valence-corrected chi connectivity index (χ2v) is 5.50. The van der Waals surface area contributed by atoms with Crippen LogP contribution in [0.5, 0.6) is 11.5 Å². The largest absolute Gasteiger partial charge is 0.508 e. The fraction of sp³-hybridized carbons (Fsp3) is 0.0667. The van der Waals surface area contributed by atoms with Crippen molar-refractivity contribution in [1.82, 2.24) is 5.43 Å². The van der Waals surface area contributed by atoms with Gasteiger partial charge < -0.3 is 9.84 Å². The molecule has 10 heteroatoms. The van der Waals surface area contributed by atoms with Gasteiger partial charge in [0.25, 0.3) is 11.6 Å². The first-order valence-corrected chi connectivity index (χ1v) is 7.49. The molecule has 2 rings (SSSR count). The first-order valence-electron chi connectivity index (χ1n) is 6.74. The van der Waals surface area contributed by atoms with Crippen LogP contribution in [-0.4, -0.2) is 28.8 Å². The van der Waals surface area contributed by atoms with E-state index in [0.29, 0.717) is 5.02 Å². The van der Waals surface area contributed by atoms with Crippen LogP contribution in [0.4, 0.5) is 5.69 Å². The Labute approximate surface area is 151 Å². The number of carbonyl (C=O) groups is 1. The van der Waals surface area contributed by atoms with Crippen molar-refractivity contribution in [2.75, 3.05) is 6.61 Å². The number of hydrogen-bond acceptors (Lipinski definition) is 6. The lowest BCUT2D eigenvalue weighted by atomic mass is 10.2. The van der Waals surface area contributed by atoms with E-state index in [0.717, 1.165) is 18.3 Å². The summed E-state index contributed by atoms with van der Waals surface area (Å²) in [5.41, 5.74) is 1.92. The van der Waals surface area contributed by atoms with Crippen molar-refractivity contribution in [2.45, 2.75) is 0 Å². The molecule has 130 valence electrons. The lowest BCUT2D eigenvalue weighted by Gasteiger charge is -2.07. The van der Waals surface area contributed by atoms with E-state index in [2.05, 4.69) is 10.5 Å². The minimum absolute atomic E-state index is 0.0342. The molecule has 0 radical (unpaired) electrons. The number of halogens is 2. The van der Waals surface area contributed by atoms with Crippen LogP contribution in [0.3, 0.4) is 0 Å². The number of nitrogens with zero attached hydrogens (tertiary/aromatic N) is 2. The smallest absolute Gasteiger partial charge is 0.278 e. The molecule has 0 heterocycles. The molecule has 0 aromatic heterocycles. The Bertz CT molecular complexity index is 842. The van der Waals surface area contributed by atoms with Gasteiger partial charge in [-0.25, -0.2) is 5.43 Å². The van der Waals surface area contributed by atoms with Crippen LogP contribution in [0, 0.1) is 10.1 Å². The molecule has 8 nitrogen and oxygen atoms in total. The second-order valence-electron chi connectivity index (χ2n) is 4.66. The maximum absolute atomic E-state index is 11.7. The summed E-state index contributed by atoms with van der Waals surface area (Å²) in [7, 11) is 0. The predicted molar refractivity (Wildman–Crippen MR) is 92.5 cm³/mol. The number of hydrazone groups is 1. The minimum atomic E-state index is -0.631. The Morgan fingerprint density at radius 3 is 2.76 bits per heavy atom. The van der Waals surface area contributed by atoms with Gasteiger partial charge in [-0.05, 0) is 30.3 Å². The molecular formula is C15H11Cl2N3O5. The highest BCUT2D eigenvalue weighted by molar-refractivity contribution is 6.35. The van der Waals surface area contributed by atoms with E-state index in [1.807, 2.05) is 0 Å². The summed E-state index contributed by atoms with van der Waals surface area (Å²) in [6.07, 6.45) is 1.05. The molecule has 0 unspecified atom stereocenters. The van der Waals surface area contributed by atoms with Crippen molar-refractivity contribution >= 4 is 41.0 Å². The van der Waals surface area contributed by atoms with Crippen molar-refractivity contribution < 1.29 is 19.6 Å². The average molecular weight is 384 g/mol. The topological polar surface area (TPSA) is 114 Å². The van der Waals surface area contributed by atoms with E-state index in [9.17, 15) is 20.0 Å². The number of ether oxygens (including phenoxy) is 1. The van der Waals surface area contributed by atoms with Gasteiger partial charge in [-0.3, -0.25) is 14.9 Å². The highest BCUT2D eigenvalue weighted by Gasteiger charge is 2.12. The standard InChI is InChI=1S/C15H11Cl2N3O5/c16-10-1-4-14(12(17)6-10)25-8-15(22)19-18-7-9-5-11(21)2-3-13(9)20(23)24/h1-7,21H,8H2,(H,19,22). The Balaban J connectivity index is 1.95. The van der Waals surface area contributed by atoms with Crippen molar-refractivity contribution in [2.24, 2.45) is 5.10 Å². The third kappa shape index (κ3) is 5.33. The van der Waals surface area contributed by atoms with Gasteiger partial charge in [-0.1, -0.05) is 23.2 Å². The zero-order valence-electron chi connectivity index (χ0n) is 12.5. The van der Waals surface area contributed by atoms with Gasteiger partial charge in [0.2, 0.25) is 0 Å². The van der Waals surface area contributed by atoms with Crippen molar-refractivity contribution in [3.8, 4) is 11.5 Å². The highest BCUT2D eigenvalue weighted by atomic mass is 35.5. The molecule has 1 amide bonds. The molecule has 0 aliphatic heterocycles. The summed E-state index contributed by atoms with van der Waals surface area (Å²) in [6.45, 7) is -0.374. The number of nitro benzene ring substituents is 1. The third-order valence-electron chi connectivity index (χ3n) is 2.85. The molecule has 2 aromatic carbocycles. The maximum Gasteiger partial charge on any atom is 0.278 e. The van der Waals surface area contributed by atoms with Gasteiger partial charge >= 0.3 is 0 Å². The fourth-order valence-corrected chi connectivity index (χ4v) is 2.22. The Kier molecular flexibility index (Phi) is 6.15. The average Bonchev–Trinajstić information content (AvgIpc) is 2.54. The zero-order valence-corrected chi connectivity index (χ0v) is 14.0. The number of nitro groups is 1. The Hall–Kier alpha value is -2.84. The Morgan fingerprint density at radius 1 is 1.32 bits per heavy atom. The summed E-state index contributed by atoms with van der Waals surface area (Å²) in [6, 6.07) is 7.99. The van der Waals surface area contributed by atoms with Crippen molar-refractivity contribution in [1.29, 1.82) is 0 Å². The summed E-state index contributed by atoms with van der Waals surface area (Å²) in [5.74, 6) is -0.502. The number of aromatic hydroxyl groups is 1. The van der Waals surface area contributed by atoms with Crippen LogP contribution in [-0.2, 0) is 4.79 Å². The molecule has 0 bridgehead atoms.